The molecule has 0 radical (unpaired) electrons. The van der Waals surface area contributed by atoms with E-state index in [-0.39, 0.29) is 5.41 Å². The molecule has 2 bridgehead atoms. The smallest absolute Gasteiger partial charge is 0.0543 e. The van der Waals surface area contributed by atoms with Crippen LogP contribution in [-0.2, 0) is 5.41 Å². The van der Waals surface area contributed by atoms with Crippen molar-refractivity contribution in [3.05, 3.63) is 175 Å². The Labute approximate surface area is 283 Å². The molecule has 0 amide bonds. The van der Waals surface area contributed by atoms with Gasteiger partial charge in [0.25, 0.3) is 0 Å². The summed E-state index contributed by atoms with van der Waals surface area (Å²) in [4.78, 5) is 2.50. The molecule has 3 aliphatic rings. The van der Waals surface area contributed by atoms with E-state index in [1.165, 1.54) is 86.9 Å². The molecule has 0 aliphatic heterocycles. The second-order valence-electron chi connectivity index (χ2n) is 14.1. The Bertz CT molecular complexity index is 2290. The summed E-state index contributed by atoms with van der Waals surface area (Å²) in [6.07, 6.45) is 5.41. The fraction of sp³-hybridized carbons (Fsp3) is 0.149. The van der Waals surface area contributed by atoms with Crippen molar-refractivity contribution in [1.29, 1.82) is 0 Å². The normalized spacial score (nSPS) is 20.2. The zero-order valence-corrected chi connectivity index (χ0v) is 27.0. The van der Waals surface area contributed by atoms with Crippen LogP contribution in [0.25, 0.3) is 44.2 Å². The predicted octanol–water partition coefficient (Wildman–Crippen LogP) is 12.7. The summed E-state index contributed by atoms with van der Waals surface area (Å²) >= 11 is 0. The summed E-state index contributed by atoms with van der Waals surface area (Å²) in [6, 6.07) is 60.8. The average Bonchev–Trinajstić information content (AvgIpc) is 3.86. The summed E-state index contributed by atoms with van der Waals surface area (Å²) in [7, 11) is 0. The number of nitrogens with zero attached hydrogens (tertiary/aromatic N) is 1. The molecule has 2 saturated carbocycles. The van der Waals surface area contributed by atoms with E-state index in [9.17, 15) is 0 Å². The van der Waals surface area contributed by atoms with Crippen LogP contribution in [0.3, 0.4) is 0 Å². The van der Waals surface area contributed by atoms with Gasteiger partial charge in [-0.3, -0.25) is 0 Å². The molecule has 0 unspecified atom stereocenters. The molecule has 7 aromatic carbocycles. The van der Waals surface area contributed by atoms with Crippen molar-refractivity contribution in [2.24, 2.45) is 11.8 Å². The molecule has 1 heteroatoms. The van der Waals surface area contributed by atoms with E-state index < -0.39 is 0 Å². The Morgan fingerprint density at radius 2 is 1.10 bits per heavy atom. The van der Waals surface area contributed by atoms with Gasteiger partial charge in [0.1, 0.15) is 0 Å². The molecule has 3 aliphatic carbocycles. The zero-order valence-electron chi connectivity index (χ0n) is 27.0. The van der Waals surface area contributed by atoms with Crippen molar-refractivity contribution in [1.82, 2.24) is 0 Å². The van der Waals surface area contributed by atoms with Crippen LogP contribution in [0.1, 0.15) is 36.8 Å². The SMILES string of the molecule is c1ccc(-c2ccc(N(c3ccc(-c4cccc5ccccc45)cc3)c3cccc4c3-c3ccccc3[C@]43C[C@H]4CC[C@@H]3C4)cc2)cc1. The topological polar surface area (TPSA) is 3.24 Å². The number of anilines is 3. The Kier molecular flexibility index (Phi) is 6.24. The van der Waals surface area contributed by atoms with Crippen LogP contribution in [0.2, 0.25) is 0 Å². The standard InChI is InChI=1S/C47H37N/c1-2-10-33(11-3-1)34-21-26-38(27-22-34)48(39-28-23-36(24-29-39)41-16-8-13-35-12-4-5-14-40(35)41)45-19-9-18-44-46(45)42-15-6-7-17-43(42)47(44)31-32-20-25-37(47)30-32/h1-19,21-24,26-29,32,37H,20,25,30-31H2/t32-,37+,47+/m0/s1. The van der Waals surface area contributed by atoms with Gasteiger partial charge in [0, 0.05) is 22.4 Å². The van der Waals surface area contributed by atoms with Crippen LogP contribution in [0, 0.1) is 11.8 Å². The van der Waals surface area contributed by atoms with Crippen molar-refractivity contribution < 1.29 is 0 Å². The Hall–Kier alpha value is -5.40. The molecular weight excluding hydrogens is 579 g/mol. The molecule has 2 fully saturated rings. The molecular formula is C47H37N. The van der Waals surface area contributed by atoms with Gasteiger partial charge < -0.3 is 4.90 Å². The number of hydrogen-bond acceptors (Lipinski definition) is 1. The first kappa shape index (κ1) is 27.7. The monoisotopic (exact) mass is 615 g/mol. The summed E-state index contributed by atoms with van der Waals surface area (Å²) in [5.41, 5.74) is 14.7. The maximum absolute atomic E-state index is 2.50. The second kappa shape index (κ2) is 10.8. The lowest BCUT2D eigenvalue weighted by Crippen LogP contribution is -2.31. The van der Waals surface area contributed by atoms with E-state index in [2.05, 4.69) is 169 Å². The van der Waals surface area contributed by atoms with Gasteiger partial charge in [-0.1, -0.05) is 140 Å². The first-order chi connectivity index (χ1) is 23.8. The second-order valence-corrected chi connectivity index (χ2v) is 14.1. The molecule has 1 spiro atoms. The van der Waals surface area contributed by atoms with Crippen molar-refractivity contribution in [2.45, 2.75) is 31.1 Å². The zero-order chi connectivity index (χ0) is 31.7. The van der Waals surface area contributed by atoms with Crippen LogP contribution < -0.4 is 4.90 Å². The molecule has 7 aromatic rings. The highest BCUT2D eigenvalue weighted by atomic mass is 15.1. The van der Waals surface area contributed by atoms with E-state index in [0.717, 1.165) is 11.8 Å². The average molecular weight is 616 g/mol. The minimum atomic E-state index is 0.145. The summed E-state index contributed by atoms with van der Waals surface area (Å²) in [6.45, 7) is 0. The number of hydrogen-bond donors (Lipinski definition) is 0. The van der Waals surface area contributed by atoms with E-state index in [1.54, 1.807) is 11.1 Å². The first-order valence-corrected chi connectivity index (χ1v) is 17.6. The molecule has 1 nitrogen and oxygen atoms in total. The van der Waals surface area contributed by atoms with Crippen molar-refractivity contribution in [2.75, 3.05) is 4.90 Å². The van der Waals surface area contributed by atoms with E-state index in [1.807, 2.05) is 0 Å². The number of benzene rings is 7. The maximum Gasteiger partial charge on any atom is 0.0543 e. The molecule has 0 aromatic heterocycles. The molecule has 230 valence electrons. The Morgan fingerprint density at radius 3 is 1.88 bits per heavy atom. The third kappa shape index (κ3) is 4.10. The lowest BCUT2D eigenvalue weighted by Gasteiger charge is -2.37. The van der Waals surface area contributed by atoms with Crippen LogP contribution in [0.4, 0.5) is 17.1 Å². The van der Waals surface area contributed by atoms with Crippen molar-refractivity contribution in [3.8, 4) is 33.4 Å². The molecule has 10 rings (SSSR count). The first-order valence-electron chi connectivity index (χ1n) is 17.6. The van der Waals surface area contributed by atoms with E-state index in [0.29, 0.717) is 0 Å². The van der Waals surface area contributed by atoms with Gasteiger partial charge in [-0.2, -0.15) is 0 Å². The van der Waals surface area contributed by atoms with Gasteiger partial charge >= 0.3 is 0 Å². The molecule has 48 heavy (non-hydrogen) atoms. The third-order valence-electron chi connectivity index (χ3n) is 11.7. The fourth-order valence-electron chi connectivity index (χ4n) is 9.73. The molecule has 0 saturated heterocycles. The van der Waals surface area contributed by atoms with Gasteiger partial charge in [-0.25, -0.2) is 0 Å². The van der Waals surface area contributed by atoms with Crippen LogP contribution >= 0.6 is 0 Å². The summed E-state index contributed by atoms with van der Waals surface area (Å²) in [5, 5.41) is 2.56. The van der Waals surface area contributed by atoms with Gasteiger partial charge in [-0.15, -0.1) is 0 Å². The quantitative estimate of drug-likeness (QED) is 0.186. The van der Waals surface area contributed by atoms with Crippen LogP contribution in [0.15, 0.2) is 164 Å². The van der Waals surface area contributed by atoms with Gasteiger partial charge in [0.05, 0.1) is 5.69 Å². The third-order valence-corrected chi connectivity index (χ3v) is 11.7. The van der Waals surface area contributed by atoms with E-state index >= 15 is 0 Å². The molecule has 0 N–H and O–H groups in total. The van der Waals surface area contributed by atoms with Gasteiger partial charge in [-0.05, 0) is 111 Å². The lowest BCUT2D eigenvalue weighted by atomic mass is 9.67. The van der Waals surface area contributed by atoms with Crippen molar-refractivity contribution in [3.63, 3.8) is 0 Å². The van der Waals surface area contributed by atoms with Crippen LogP contribution in [0.5, 0.6) is 0 Å². The summed E-state index contributed by atoms with van der Waals surface area (Å²) in [5.74, 6) is 1.58. The minimum absolute atomic E-state index is 0.145. The molecule has 0 heterocycles. The fourth-order valence-corrected chi connectivity index (χ4v) is 9.73. The highest BCUT2D eigenvalue weighted by Gasteiger charge is 2.57. The Balaban J connectivity index is 1.15. The predicted molar refractivity (Wildman–Crippen MR) is 201 cm³/mol. The maximum atomic E-state index is 2.50. The highest BCUT2D eigenvalue weighted by Crippen LogP contribution is 2.67. The number of fused-ring (bicyclic) bond motifs is 9. The molecule has 3 atom stereocenters. The van der Waals surface area contributed by atoms with E-state index in [4.69, 9.17) is 0 Å². The lowest BCUT2D eigenvalue weighted by molar-refractivity contribution is 0.327. The highest BCUT2D eigenvalue weighted by molar-refractivity contribution is 5.98. The van der Waals surface area contributed by atoms with Gasteiger partial charge in [0.2, 0.25) is 0 Å². The van der Waals surface area contributed by atoms with Gasteiger partial charge in [0.15, 0.2) is 0 Å². The largest absolute Gasteiger partial charge is 0.310 e. The summed E-state index contributed by atoms with van der Waals surface area (Å²) < 4.78 is 0. The van der Waals surface area contributed by atoms with Crippen molar-refractivity contribution >= 4 is 27.8 Å². The Morgan fingerprint density at radius 1 is 0.479 bits per heavy atom. The minimum Gasteiger partial charge on any atom is -0.310 e. The van der Waals surface area contributed by atoms with Crippen LogP contribution in [-0.4, -0.2) is 0 Å². The number of rotatable bonds is 5.